The number of rotatable bonds is 6. The van der Waals surface area contributed by atoms with E-state index in [1.54, 1.807) is 38.1 Å². The SMILES string of the molecule is CC(O)COC(=O)C(C)c1ccc(C(=O)c2ccccc2)s1. The monoisotopic (exact) mass is 318 g/mol. The minimum Gasteiger partial charge on any atom is -0.462 e. The predicted octanol–water partition coefficient (Wildman–Crippen LogP) is 3.01. The molecule has 0 spiro atoms. The highest BCUT2D eigenvalue weighted by Crippen LogP contribution is 2.27. The molecular formula is C17H18O4S. The van der Waals surface area contributed by atoms with Gasteiger partial charge in [-0.1, -0.05) is 30.3 Å². The minimum absolute atomic E-state index is 0.0235. The number of ketones is 1. The molecule has 2 rings (SSSR count). The summed E-state index contributed by atoms with van der Waals surface area (Å²) in [6.45, 7) is 3.26. The van der Waals surface area contributed by atoms with Crippen molar-refractivity contribution in [2.45, 2.75) is 25.9 Å². The molecule has 2 aromatic rings. The molecular weight excluding hydrogens is 300 g/mol. The van der Waals surface area contributed by atoms with Gasteiger partial charge in [0.1, 0.15) is 6.61 Å². The third-order valence-electron chi connectivity index (χ3n) is 3.13. The molecule has 0 amide bonds. The molecule has 1 aromatic heterocycles. The van der Waals surface area contributed by atoms with E-state index in [0.717, 1.165) is 4.88 Å². The van der Waals surface area contributed by atoms with E-state index in [9.17, 15) is 9.59 Å². The molecule has 0 aliphatic carbocycles. The summed E-state index contributed by atoms with van der Waals surface area (Å²) in [4.78, 5) is 25.6. The zero-order chi connectivity index (χ0) is 16.1. The normalized spacial score (nSPS) is 13.4. The van der Waals surface area contributed by atoms with Crippen molar-refractivity contribution in [3.63, 3.8) is 0 Å². The molecule has 2 atom stereocenters. The summed E-state index contributed by atoms with van der Waals surface area (Å²) in [6.07, 6.45) is -0.685. The van der Waals surface area contributed by atoms with Crippen LogP contribution >= 0.6 is 11.3 Å². The smallest absolute Gasteiger partial charge is 0.314 e. The molecule has 0 saturated carbocycles. The molecule has 1 aromatic carbocycles. The van der Waals surface area contributed by atoms with Crippen LogP contribution in [-0.2, 0) is 9.53 Å². The largest absolute Gasteiger partial charge is 0.462 e. The zero-order valence-electron chi connectivity index (χ0n) is 12.5. The van der Waals surface area contributed by atoms with Crippen molar-refractivity contribution in [3.05, 3.63) is 57.8 Å². The summed E-state index contributed by atoms with van der Waals surface area (Å²) < 4.78 is 5.01. The van der Waals surface area contributed by atoms with Gasteiger partial charge >= 0.3 is 5.97 Å². The third kappa shape index (κ3) is 4.02. The van der Waals surface area contributed by atoms with E-state index in [4.69, 9.17) is 9.84 Å². The Balaban J connectivity index is 2.08. The minimum atomic E-state index is -0.685. The maximum absolute atomic E-state index is 12.3. The summed E-state index contributed by atoms with van der Waals surface area (Å²) in [7, 11) is 0. The summed E-state index contributed by atoms with van der Waals surface area (Å²) in [5.41, 5.74) is 0.625. The first-order chi connectivity index (χ1) is 10.5. The number of hydrogen-bond donors (Lipinski definition) is 1. The van der Waals surface area contributed by atoms with E-state index in [1.165, 1.54) is 11.3 Å². The lowest BCUT2D eigenvalue weighted by atomic mass is 10.1. The van der Waals surface area contributed by atoms with E-state index in [1.807, 2.05) is 18.2 Å². The van der Waals surface area contributed by atoms with Crippen molar-refractivity contribution in [1.29, 1.82) is 0 Å². The van der Waals surface area contributed by atoms with Gasteiger partial charge in [-0.25, -0.2) is 0 Å². The van der Waals surface area contributed by atoms with E-state index >= 15 is 0 Å². The van der Waals surface area contributed by atoms with Gasteiger partial charge in [-0.3, -0.25) is 9.59 Å². The van der Waals surface area contributed by atoms with Crippen LogP contribution < -0.4 is 0 Å². The highest BCUT2D eigenvalue weighted by atomic mass is 32.1. The van der Waals surface area contributed by atoms with Gasteiger partial charge < -0.3 is 9.84 Å². The maximum Gasteiger partial charge on any atom is 0.314 e. The summed E-state index contributed by atoms with van der Waals surface area (Å²) in [5, 5.41) is 9.14. The fraction of sp³-hybridized carbons (Fsp3) is 0.294. The number of aliphatic hydroxyl groups is 1. The molecule has 0 radical (unpaired) electrons. The van der Waals surface area contributed by atoms with Crippen LogP contribution in [0.2, 0.25) is 0 Å². The quantitative estimate of drug-likeness (QED) is 0.657. The van der Waals surface area contributed by atoms with Gasteiger partial charge in [0.15, 0.2) is 0 Å². The summed E-state index contributed by atoms with van der Waals surface area (Å²) >= 11 is 1.29. The highest BCUT2D eigenvalue weighted by molar-refractivity contribution is 7.14. The van der Waals surface area contributed by atoms with Crippen LogP contribution in [0.15, 0.2) is 42.5 Å². The van der Waals surface area contributed by atoms with Gasteiger partial charge in [-0.15, -0.1) is 11.3 Å². The Hall–Kier alpha value is -1.98. The van der Waals surface area contributed by atoms with Gasteiger partial charge in [0, 0.05) is 10.4 Å². The van der Waals surface area contributed by atoms with Crippen molar-refractivity contribution in [2.75, 3.05) is 6.61 Å². The van der Waals surface area contributed by atoms with Crippen LogP contribution in [-0.4, -0.2) is 29.6 Å². The van der Waals surface area contributed by atoms with Gasteiger partial charge in [-0.05, 0) is 26.0 Å². The Kier molecular flexibility index (Phi) is 5.46. The molecule has 2 unspecified atom stereocenters. The van der Waals surface area contributed by atoms with Crippen LogP contribution in [0.3, 0.4) is 0 Å². The average Bonchev–Trinajstić information content (AvgIpc) is 3.01. The van der Waals surface area contributed by atoms with E-state index < -0.39 is 18.0 Å². The van der Waals surface area contributed by atoms with Crippen molar-refractivity contribution < 1.29 is 19.4 Å². The summed E-state index contributed by atoms with van der Waals surface area (Å²) in [5.74, 6) is -0.913. The lowest BCUT2D eigenvalue weighted by Crippen LogP contribution is -2.18. The molecule has 0 aliphatic heterocycles. The Labute approximate surface area is 133 Å². The number of ether oxygens (including phenoxy) is 1. The second-order valence-corrected chi connectivity index (χ2v) is 6.21. The molecule has 1 heterocycles. The lowest BCUT2D eigenvalue weighted by Gasteiger charge is -2.11. The number of carbonyl (C=O) groups excluding carboxylic acids is 2. The Bertz CT molecular complexity index is 646. The van der Waals surface area contributed by atoms with E-state index in [2.05, 4.69) is 0 Å². The number of aliphatic hydroxyl groups excluding tert-OH is 1. The van der Waals surface area contributed by atoms with Crippen LogP contribution in [0, 0.1) is 0 Å². The fourth-order valence-corrected chi connectivity index (χ4v) is 2.89. The van der Waals surface area contributed by atoms with Gasteiger partial charge in [0.25, 0.3) is 0 Å². The van der Waals surface area contributed by atoms with Crippen molar-refractivity contribution in [1.82, 2.24) is 0 Å². The van der Waals surface area contributed by atoms with Crippen LogP contribution in [0.4, 0.5) is 0 Å². The first-order valence-corrected chi connectivity index (χ1v) is 7.85. The standard InChI is InChI=1S/C17H18O4S/c1-11(18)10-21-17(20)12(2)14-8-9-15(22-14)16(19)13-6-4-3-5-7-13/h3-9,11-12,18H,10H2,1-2H3. The first kappa shape index (κ1) is 16.4. The number of hydrogen-bond acceptors (Lipinski definition) is 5. The number of thiophene rings is 1. The van der Waals surface area contributed by atoms with Crippen LogP contribution in [0.5, 0.6) is 0 Å². The molecule has 4 nitrogen and oxygen atoms in total. The lowest BCUT2D eigenvalue weighted by molar-refractivity contribution is -0.147. The van der Waals surface area contributed by atoms with Crippen molar-refractivity contribution in [3.8, 4) is 0 Å². The van der Waals surface area contributed by atoms with E-state index in [-0.39, 0.29) is 12.4 Å². The molecule has 0 saturated heterocycles. The molecule has 22 heavy (non-hydrogen) atoms. The van der Waals surface area contributed by atoms with Crippen LogP contribution in [0.1, 0.15) is 39.9 Å². The zero-order valence-corrected chi connectivity index (χ0v) is 13.3. The molecule has 0 fully saturated rings. The molecule has 0 bridgehead atoms. The van der Waals surface area contributed by atoms with Gasteiger partial charge in [-0.2, -0.15) is 0 Å². The topological polar surface area (TPSA) is 63.6 Å². The van der Waals surface area contributed by atoms with Gasteiger partial charge in [0.05, 0.1) is 16.9 Å². The molecule has 0 aliphatic rings. The number of carbonyl (C=O) groups is 2. The summed E-state index contributed by atoms with van der Waals surface area (Å²) in [6, 6.07) is 12.5. The number of esters is 1. The Morgan fingerprint density at radius 3 is 2.45 bits per heavy atom. The molecule has 116 valence electrons. The molecule has 1 N–H and O–H groups in total. The molecule has 5 heteroatoms. The first-order valence-electron chi connectivity index (χ1n) is 7.03. The second-order valence-electron chi connectivity index (χ2n) is 5.10. The Morgan fingerprint density at radius 2 is 1.82 bits per heavy atom. The fourth-order valence-electron chi connectivity index (χ4n) is 1.88. The van der Waals surface area contributed by atoms with Crippen molar-refractivity contribution >= 4 is 23.1 Å². The second kappa shape index (κ2) is 7.33. The highest BCUT2D eigenvalue weighted by Gasteiger charge is 2.21. The Morgan fingerprint density at radius 1 is 1.14 bits per heavy atom. The predicted molar refractivity (Wildman–Crippen MR) is 85.2 cm³/mol. The van der Waals surface area contributed by atoms with Crippen LogP contribution in [0.25, 0.3) is 0 Å². The number of benzene rings is 1. The third-order valence-corrected chi connectivity index (χ3v) is 4.40. The maximum atomic E-state index is 12.3. The van der Waals surface area contributed by atoms with Gasteiger partial charge in [0.2, 0.25) is 5.78 Å². The average molecular weight is 318 g/mol. The van der Waals surface area contributed by atoms with Crippen molar-refractivity contribution in [2.24, 2.45) is 0 Å². The van der Waals surface area contributed by atoms with E-state index in [0.29, 0.717) is 10.4 Å².